The Hall–Kier alpha value is -2.67. The summed E-state index contributed by atoms with van der Waals surface area (Å²) in [5.41, 5.74) is 4.40. The first-order chi connectivity index (χ1) is 12.8. The molecule has 1 aliphatic heterocycles. The molecule has 0 spiro atoms. The van der Waals surface area contributed by atoms with Crippen LogP contribution in [-0.2, 0) is 14.8 Å². The fraction of sp³-hybridized carbons (Fsp3) is 0.300. The molecule has 0 aliphatic carbocycles. The number of carbonyl (C=O) groups is 1. The lowest BCUT2D eigenvalue weighted by Gasteiger charge is -2.20. The fourth-order valence-electron chi connectivity index (χ4n) is 3.01. The Balaban J connectivity index is 1.83. The Labute approximate surface area is 159 Å². The van der Waals surface area contributed by atoms with E-state index in [2.05, 4.69) is 9.82 Å². The largest absolute Gasteiger partial charge is 0.284 e. The van der Waals surface area contributed by atoms with Crippen LogP contribution < -0.4 is 4.72 Å². The average molecular weight is 385 g/mol. The minimum atomic E-state index is -3.31. The van der Waals surface area contributed by atoms with Crippen LogP contribution in [0.2, 0.25) is 0 Å². The number of nitrogens with zero attached hydrogens (tertiary/aromatic N) is 2. The number of carbonyl (C=O) groups excluding carboxylic acids is 1. The number of nitrogens with one attached hydrogen (secondary N) is 1. The highest BCUT2D eigenvalue weighted by atomic mass is 32.2. The maximum atomic E-state index is 12.1. The maximum Gasteiger partial charge on any atom is 0.240 e. The van der Waals surface area contributed by atoms with Crippen LogP contribution >= 0.6 is 0 Å². The first kappa shape index (κ1) is 19.1. The summed E-state index contributed by atoms with van der Waals surface area (Å²) in [6, 6.07) is 15.0. The summed E-state index contributed by atoms with van der Waals surface area (Å²) in [6.45, 7) is 5.12. The quantitative estimate of drug-likeness (QED) is 0.856. The zero-order chi connectivity index (χ0) is 19.6. The predicted octanol–water partition coefficient (Wildman–Crippen LogP) is 3.45. The number of aryl methyl sites for hydroxylation is 1. The molecule has 2 aromatic carbocycles. The van der Waals surface area contributed by atoms with Gasteiger partial charge in [0, 0.05) is 19.0 Å². The zero-order valence-corrected chi connectivity index (χ0v) is 16.5. The Morgan fingerprint density at radius 2 is 1.78 bits per heavy atom. The normalized spacial score (nSPS) is 16.9. The van der Waals surface area contributed by atoms with Gasteiger partial charge in [-0.3, -0.25) is 9.52 Å². The van der Waals surface area contributed by atoms with Crippen LogP contribution in [0.25, 0.3) is 0 Å². The van der Waals surface area contributed by atoms with E-state index in [1.807, 2.05) is 43.3 Å². The van der Waals surface area contributed by atoms with E-state index in [1.54, 1.807) is 19.1 Å². The van der Waals surface area contributed by atoms with Crippen LogP contribution in [0.1, 0.15) is 43.0 Å². The highest BCUT2D eigenvalue weighted by Crippen LogP contribution is 2.33. The zero-order valence-electron chi connectivity index (χ0n) is 15.6. The molecule has 0 bridgehead atoms. The van der Waals surface area contributed by atoms with Gasteiger partial charge in [0.25, 0.3) is 0 Å². The average Bonchev–Trinajstić information content (AvgIpc) is 3.08. The Morgan fingerprint density at radius 1 is 1.15 bits per heavy atom. The smallest absolute Gasteiger partial charge is 0.240 e. The first-order valence-corrected chi connectivity index (χ1v) is 10.5. The van der Waals surface area contributed by atoms with Crippen molar-refractivity contribution in [2.24, 2.45) is 5.10 Å². The number of hydrogen-bond donors (Lipinski definition) is 1. The number of rotatable bonds is 5. The maximum absolute atomic E-state index is 12.1. The second kappa shape index (κ2) is 7.52. The lowest BCUT2D eigenvalue weighted by atomic mass is 9.97. The molecule has 1 amide bonds. The fourth-order valence-corrected chi connectivity index (χ4v) is 3.65. The molecule has 1 unspecified atom stereocenters. The number of anilines is 1. The van der Waals surface area contributed by atoms with Gasteiger partial charge in [-0.15, -0.1) is 0 Å². The van der Waals surface area contributed by atoms with Gasteiger partial charge in [0.1, 0.15) is 0 Å². The van der Waals surface area contributed by atoms with E-state index in [1.165, 1.54) is 11.9 Å². The predicted molar refractivity (Wildman–Crippen MR) is 107 cm³/mol. The molecule has 142 valence electrons. The molecular formula is C20H23N3O3S. The number of benzene rings is 2. The number of sulfonamides is 1. The topological polar surface area (TPSA) is 78.8 Å². The number of amides is 1. The van der Waals surface area contributed by atoms with Crippen molar-refractivity contribution in [1.29, 1.82) is 0 Å². The molecule has 7 heteroatoms. The van der Waals surface area contributed by atoms with Crippen molar-refractivity contribution in [1.82, 2.24) is 5.01 Å². The van der Waals surface area contributed by atoms with E-state index >= 15 is 0 Å². The van der Waals surface area contributed by atoms with Crippen LogP contribution in [0, 0.1) is 6.92 Å². The third-order valence-electron chi connectivity index (χ3n) is 4.57. The van der Waals surface area contributed by atoms with Gasteiger partial charge in [0.2, 0.25) is 15.9 Å². The molecule has 0 radical (unpaired) electrons. The van der Waals surface area contributed by atoms with E-state index in [0.717, 1.165) is 22.4 Å². The molecular weight excluding hydrogens is 362 g/mol. The van der Waals surface area contributed by atoms with Gasteiger partial charge in [0.05, 0.1) is 17.5 Å². The van der Waals surface area contributed by atoms with Crippen LogP contribution in [0.3, 0.4) is 0 Å². The summed E-state index contributed by atoms with van der Waals surface area (Å²) in [4.78, 5) is 12.1. The van der Waals surface area contributed by atoms with Crippen molar-refractivity contribution in [3.8, 4) is 0 Å². The summed E-state index contributed by atoms with van der Waals surface area (Å²) in [5, 5.41) is 6.04. The van der Waals surface area contributed by atoms with Gasteiger partial charge in [0.15, 0.2) is 0 Å². The molecule has 3 rings (SSSR count). The second-order valence-electron chi connectivity index (χ2n) is 6.62. The van der Waals surface area contributed by atoms with Gasteiger partial charge < -0.3 is 0 Å². The van der Waals surface area contributed by atoms with E-state index in [4.69, 9.17) is 0 Å². The molecule has 0 fully saturated rings. The van der Waals surface area contributed by atoms with Crippen LogP contribution in [0.15, 0.2) is 53.6 Å². The summed E-state index contributed by atoms with van der Waals surface area (Å²) in [6.07, 6.45) is 0.614. The Kier molecular flexibility index (Phi) is 5.32. The summed E-state index contributed by atoms with van der Waals surface area (Å²) in [5.74, 6) is -0.0873. The molecule has 1 atom stereocenters. The second-order valence-corrected chi connectivity index (χ2v) is 8.63. The first-order valence-electron chi connectivity index (χ1n) is 8.84. The monoisotopic (exact) mass is 385 g/mol. The highest BCUT2D eigenvalue weighted by molar-refractivity contribution is 7.92. The molecule has 0 aromatic heterocycles. The van der Waals surface area contributed by atoms with Crippen molar-refractivity contribution >= 4 is 27.3 Å². The highest BCUT2D eigenvalue weighted by Gasteiger charge is 2.31. The van der Waals surface area contributed by atoms with Crippen LogP contribution in [0.5, 0.6) is 0 Å². The molecule has 1 heterocycles. The minimum Gasteiger partial charge on any atom is -0.284 e. The van der Waals surface area contributed by atoms with Gasteiger partial charge in [-0.05, 0) is 37.1 Å². The van der Waals surface area contributed by atoms with Gasteiger partial charge in [-0.25, -0.2) is 13.4 Å². The van der Waals surface area contributed by atoms with E-state index in [9.17, 15) is 13.2 Å². The number of hydrazone groups is 1. The molecule has 2 aromatic rings. The van der Waals surface area contributed by atoms with E-state index in [0.29, 0.717) is 12.1 Å². The lowest BCUT2D eigenvalue weighted by Crippen LogP contribution is -2.24. The van der Waals surface area contributed by atoms with Crippen molar-refractivity contribution in [2.75, 3.05) is 10.5 Å². The van der Waals surface area contributed by atoms with Gasteiger partial charge >= 0.3 is 0 Å². The van der Waals surface area contributed by atoms with E-state index < -0.39 is 10.0 Å². The van der Waals surface area contributed by atoms with Crippen molar-refractivity contribution < 1.29 is 13.2 Å². The SMILES string of the molecule is CCS(=O)(=O)Nc1ccc(C2=NN(C(C)=O)C(c3ccc(C)cc3)C2)cc1. The third-order valence-corrected chi connectivity index (χ3v) is 5.87. The molecule has 1 N–H and O–H groups in total. The standard InChI is InChI=1S/C20H23N3O3S/c1-4-27(25,26)22-18-11-9-16(10-12-18)19-13-20(23(21-19)15(3)24)17-7-5-14(2)6-8-17/h5-12,20,22H,4,13H2,1-3H3. The van der Waals surface area contributed by atoms with Crippen molar-refractivity contribution in [3.63, 3.8) is 0 Å². The summed E-state index contributed by atoms with van der Waals surface area (Å²) < 4.78 is 25.9. The molecule has 27 heavy (non-hydrogen) atoms. The molecule has 1 aliphatic rings. The molecule has 0 saturated heterocycles. The minimum absolute atomic E-state index is 0.0211. The lowest BCUT2D eigenvalue weighted by molar-refractivity contribution is -0.130. The van der Waals surface area contributed by atoms with Gasteiger partial charge in [-0.2, -0.15) is 5.10 Å². The van der Waals surface area contributed by atoms with E-state index in [-0.39, 0.29) is 17.7 Å². The number of hydrogen-bond acceptors (Lipinski definition) is 4. The van der Waals surface area contributed by atoms with Gasteiger partial charge in [-0.1, -0.05) is 42.0 Å². The summed E-state index contributed by atoms with van der Waals surface area (Å²) >= 11 is 0. The van der Waals surface area contributed by atoms with Crippen LogP contribution in [0.4, 0.5) is 5.69 Å². The third kappa shape index (κ3) is 4.36. The van der Waals surface area contributed by atoms with Crippen LogP contribution in [-0.4, -0.2) is 30.8 Å². The van der Waals surface area contributed by atoms with Crippen molar-refractivity contribution in [2.45, 2.75) is 33.2 Å². The Bertz CT molecular complexity index is 965. The molecule has 6 nitrogen and oxygen atoms in total. The summed E-state index contributed by atoms with van der Waals surface area (Å²) in [7, 11) is -3.31. The van der Waals surface area contributed by atoms with Crippen molar-refractivity contribution in [3.05, 3.63) is 65.2 Å². The molecule has 0 saturated carbocycles. The Morgan fingerprint density at radius 3 is 2.33 bits per heavy atom.